The highest BCUT2D eigenvalue weighted by atomic mass is 19.3. The van der Waals surface area contributed by atoms with Crippen molar-refractivity contribution in [3.8, 4) is 23.4 Å². The van der Waals surface area contributed by atoms with Crippen molar-refractivity contribution < 1.29 is 55.1 Å². The van der Waals surface area contributed by atoms with Gasteiger partial charge in [-0.3, -0.25) is 0 Å². The molecule has 100 heavy (non-hydrogen) atoms. The summed E-state index contributed by atoms with van der Waals surface area (Å²) >= 11 is 0. The van der Waals surface area contributed by atoms with Crippen molar-refractivity contribution >= 4 is 52.0 Å². The van der Waals surface area contributed by atoms with Gasteiger partial charge < -0.3 is 79.8 Å². The number of nitrogens with zero attached hydrogens (tertiary/aromatic N) is 9. The van der Waals surface area contributed by atoms with Gasteiger partial charge in [0, 0.05) is 136 Å². The molecule has 0 amide bonds. The standard InChI is InChI=1S/C25H35F2N5O3.C24H33F2N5O2.C24H34FN5O2/c1-25(26,27)17-29-19-5-3-18(4-6-19)16-35-23-22(33-2)15-28-24(31-23)30-20-7-9-21(10-8-20)32-11-13-34-14-12-32;1-24(25,26)17-28-19-4-2-18(3-5-19)16-33-22-10-11-27-23(30-22)29-20-6-8-21(9-7-20)31-12-14-32-15-13-31;1-18(25)16-27-20-4-2-19(3-5-20)17-32-23-10-11-26-24(29-23)28-21-6-8-22(9-7-21)30-12-14-31-15-13-30/h7-10,15,18-19,29H,3-6,11-14,16-17H2,1-2H3,(H,28,30,31);6-11,18-19,28H,2-5,12-17H2,1H3,(H,27,29,30);6-11,18-20,27H,2-5,12-17H2,1H3,(H,26,28,29). The quantitative estimate of drug-likeness (QED) is 0.0251. The number of aromatic nitrogens is 6. The molecule has 27 heteroatoms. The van der Waals surface area contributed by atoms with Gasteiger partial charge in [0.25, 0.3) is 17.7 Å². The Balaban J connectivity index is 0.000000162. The van der Waals surface area contributed by atoms with Gasteiger partial charge in [-0.25, -0.2) is 36.9 Å². The minimum absolute atomic E-state index is 0.135. The number of alkyl halides is 5. The lowest BCUT2D eigenvalue weighted by molar-refractivity contribution is 0.0170. The van der Waals surface area contributed by atoms with Crippen LogP contribution in [0.25, 0.3) is 0 Å². The molecular formula is C73H102F5N15O7. The van der Waals surface area contributed by atoms with Gasteiger partial charge in [0.05, 0.1) is 85.9 Å². The molecule has 12 rings (SSSR count). The fraction of sp³-hybridized carbons (Fsp3) is 0.589. The highest BCUT2D eigenvalue weighted by Crippen LogP contribution is 2.33. The van der Waals surface area contributed by atoms with Crippen molar-refractivity contribution in [3.63, 3.8) is 0 Å². The second kappa shape index (κ2) is 38.4. The average Bonchev–Trinajstić information content (AvgIpc) is 0.885. The smallest absolute Gasteiger partial charge is 0.262 e. The van der Waals surface area contributed by atoms with Crippen LogP contribution < -0.4 is 65.5 Å². The number of methoxy groups -OCH3 is 1. The molecule has 6 aromatic rings. The summed E-state index contributed by atoms with van der Waals surface area (Å²) in [6.07, 6.45) is 15.8. The van der Waals surface area contributed by atoms with E-state index < -0.39 is 18.0 Å². The van der Waals surface area contributed by atoms with Crippen LogP contribution >= 0.6 is 0 Å². The van der Waals surface area contributed by atoms with Gasteiger partial charge in [-0.15, -0.1) is 0 Å². The summed E-state index contributed by atoms with van der Waals surface area (Å²) in [5.41, 5.74) is 6.25. The van der Waals surface area contributed by atoms with Crippen LogP contribution in [0.2, 0.25) is 0 Å². The van der Waals surface area contributed by atoms with Gasteiger partial charge in [0.15, 0.2) is 5.75 Å². The SMILES string of the molecule is CC(F)(F)CNC1CCC(COc2ccnc(Nc3ccc(N4CCOCC4)cc3)n2)CC1.CC(F)CNC1CCC(COc2ccnc(Nc3ccc(N4CCOCC4)cc3)n2)CC1.COc1cnc(Nc2ccc(N3CCOCC3)cc2)nc1OCC1CCC(NCC(C)(F)F)CC1. The number of hydrogen-bond donors (Lipinski definition) is 6. The van der Waals surface area contributed by atoms with Crippen LogP contribution in [-0.4, -0.2) is 192 Å². The second-order valence-corrected chi connectivity index (χ2v) is 27.0. The van der Waals surface area contributed by atoms with Crippen LogP contribution in [0.15, 0.2) is 104 Å². The molecule has 3 aliphatic carbocycles. The molecule has 3 aromatic heterocycles. The Kier molecular flexibility index (Phi) is 28.8. The van der Waals surface area contributed by atoms with Crippen LogP contribution in [0, 0.1) is 17.8 Å². The van der Waals surface area contributed by atoms with E-state index in [1.807, 2.05) is 36.4 Å². The van der Waals surface area contributed by atoms with Crippen LogP contribution in [-0.2, 0) is 14.2 Å². The van der Waals surface area contributed by atoms with E-state index in [1.165, 1.54) is 11.4 Å². The molecule has 1 atom stereocenters. The highest BCUT2D eigenvalue weighted by molar-refractivity contribution is 5.62. The van der Waals surface area contributed by atoms with E-state index in [-0.39, 0.29) is 25.2 Å². The zero-order valence-electron chi connectivity index (χ0n) is 58.3. The minimum Gasteiger partial charge on any atom is -0.490 e. The summed E-state index contributed by atoms with van der Waals surface area (Å²) in [5.74, 6) is -0.674. The Morgan fingerprint density at radius 2 is 0.800 bits per heavy atom. The van der Waals surface area contributed by atoms with Gasteiger partial charge >= 0.3 is 0 Å². The van der Waals surface area contributed by atoms with E-state index in [1.54, 1.807) is 44.8 Å². The van der Waals surface area contributed by atoms with Crippen LogP contribution in [0.4, 0.5) is 73.9 Å². The first-order valence-corrected chi connectivity index (χ1v) is 35.6. The second-order valence-electron chi connectivity index (χ2n) is 27.0. The lowest BCUT2D eigenvalue weighted by Gasteiger charge is -2.29. The molecule has 1 unspecified atom stereocenters. The summed E-state index contributed by atoms with van der Waals surface area (Å²) in [6.45, 7) is 15.1. The molecule has 3 saturated heterocycles. The Hall–Kier alpha value is -7.69. The Morgan fingerprint density at radius 3 is 1.14 bits per heavy atom. The number of morpholine rings is 3. The molecule has 6 aliphatic rings. The zero-order chi connectivity index (χ0) is 69.9. The van der Waals surface area contributed by atoms with Crippen LogP contribution in [0.5, 0.6) is 23.4 Å². The molecule has 0 bridgehead atoms. The van der Waals surface area contributed by atoms with E-state index in [9.17, 15) is 22.0 Å². The van der Waals surface area contributed by atoms with E-state index in [0.717, 1.165) is 193 Å². The first kappa shape index (κ1) is 75.0. The molecule has 6 N–H and O–H groups in total. The number of anilines is 9. The number of benzene rings is 3. The maximum Gasteiger partial charge on any atom is 0.262 e. The normalized spacial score (nSPS) is 21.6. The number of halogens is 5. The lowest BCUT2D eigenvalue weighted by Crippen LogP contribution is -2.40. The monoisotopic (exact) mass is 1400 g/mol. The van der Waals surface area contributed by atoms with E-state index in [0.29, 0.717) is 91.4 Å². The van der Waals surface area contributed by atoms with Crippen molar-refractivity contribution in [1.82, 2.24) is 45.9 Å². The lowest BCUT2D eigenvalue weighted by atomic mass is 9.86. The summed E-state index contributed by atoms with van der Waals surface area (Å²) in [5, 5.41) is 19.0. The molecule has 546 valence electrons. The molecule has 3 aliphatic heterocycles. The first-order valence-electron chi connectivity index (χ1n) is 35.6. The molecule has 6 heterocycles. The van der Waals surface area contributed by atoms with E-state index >= 15 is 0 Å². The third-order valence-electron chi connectivity index (χ3n) is 18.7. The van der Waals surface area contributed by atoms with Crippen molar-refractivity contribution in [1.29, 1.82) is 0 Å². The van der Waals surface area contributed by atoms with E-state index in [2.05, 4.69) is 113 Å². The molecule has 3 aromatic carbocycles. The molecule has 6 fully saturated rings. The summed E-state index contributed by atoms with van der Waals surface area (Å²) in [6, 6.07) is 28.9. The third-order valence-corrected chi connectivity index (χ3v) is 18.7. The Bertz CT molecular complexity index is 3310. The molecule has 22 nitrogen and oxygen atoms in total. The number of nitrogens with one attached hydrogen (secondary N) is 6. The fourth-order valence-electron chi connectivity index (χ4n) is 12.9. The van der Waals surface area contributed by atoms with Crippen molar-refractivity contribution in [3.05, 3.63) is 104 Å². The van der Waals surface area contributed by atoms with Crippen molar-refractivity contribution in [2.24, 2.45) is 17.8 Å². The summed E-state index contributed by atoms with van der Waals surface area (Å²) in [7, 11) is 1.56. The van der Waals surface area contributed by atoms with Crippen LogP contribution in [0.1, 0.15) is 97.8 Å². The van der Waals surface area contributed by atoms with E-state index in [4.69, 9.17) is 33.2 Å². The Labute approximate surface area is 585 Å². The number of rotatable bonds is 28. The molecular weight excluding hydrogens is 1290 g/mol. The summed E-state index contributed by atoms with van der Waals surface area (Å²) < 4.78 is 105. The van der Waals surface area contributed by atoms with Crippen molar-refractivity contribution in [2.75, 3.05) is 156 Å². The van der Waals surface area contributed by atoms with Gasteiger partial charge in [0.1, 0.15) is 6.17 Å². The zero-order valence-corrected chi connectivity index (χ0v) is 58.3. The average molecular weight is 1400 g/mol. The van der Waals surface area contributed by atoms with Gasteiger partial charge in [-0.05, 0) is 175 Å². The summed E-state index contributed by atoms with van der Waals surface area (Å²) in [4.78, 5) is 33.4. The maximum atomic E-state index is 13.1. The molecule has 3 saturated carbocycles. The predicted molar refractivity (Wildman–Crippen MR) is 380 cm³/mol. The maximum absolute atomic E-state index is 13.1. The predicted octanol–water partition coefficient (Wildman–Crippen LogP) is 12.4. The number of ether oxygens (including phenoxy) is 7. The van der Waals surface area contributed by atoms with Gasteiger partial charge in [-0.1, -0.05) is 0 Å². The van der Waals surface area contributed by atoms with Gasteiger partial charge in [-0.2, -0.15) is 15.0 Å². The molecule has 0 spiro atoms. The van der Waals surface area contributed by atoms with Crippen molar-refractivity contribution in [2.45, 2.75) is 134 Å². The fourth-order valence-corrected chi connectivity index (χ4v) is 12.9. The Morgan fingerprint density at radius 1 is 0.460 bits per heavy atom. The molecule has 0 radical (unpaired) electrons. The first-order chi connectivity index (χ1) is 48.5. The van der Waals surface area contributed by atoms with Crippen LogP contribution in [0.3, 0.4) is 0 Å². The van der Waals surface area contributed by atoms with Gasteiger partial charge in [0.2, 0.25) is 29.6 Å². The topological polar surface area (TPSA) is 224 Å². The highest BCUT2D eigenvalue weighted by Gasteiger charge is 2.29. The largest absolute Gasteiger partial charge is 0.490 e. The number of hydrogen-bond acceptors (Lipinski definition) is 22. The minimum atomic E-state index is -2.68. The third kappa shape index (κ3) is 25.7.